The summed E-state index contributed by atoms with van der Waals surface area (Å²) in [6, 6.07) is 3.71. The summed E-state index contributed by atoms with van der Waals surface area (Å²) in [5, 5.41) is 10.6. The highest BCUT2D eigenvalue weighted by Crippen LogP contribution is 2.31. The molecule has 0 saturated carbocycles. The van der Waals surface area contributed by atoms with Gasteiger partial charge in [-0.2, -0.15) is 5.26 Å². The SMILES string of the molecule is N#CCC(=O)Nc1c(Cl)cc(F)cc1Cl. The second kappa shape index (κ2) is 4.96. The zero-order valence-electron chi connectivity index (χ0n) is 7.35. The number of hydrogen-bond donors (Lipinski definition) is 1. The molecule has 0 aromatic heterocycles. The molecule has 6 heteroatoms. The normalized spacial score (nSPS) is 9.47. The van der Waals surface area contributed by atoms with Crippen molar-refractivity contribution in [2.75, 3.05) is 5.32 Å². The van der Waals surface area contributed by atoms with E-state index in [-0.39, 0.29) is 22.2 Å². The van der Waals surface area contributed by atoms with Gasteiger partial charge >= 0.3 is 0 Å². The van der Waals surface area contributed by atoms with Gasteiger partial charge in [0, 0.05) is 0 Å². The average molecular weight is 247 g/mol. The quantitative estimate of drug-likeness (QED) is 0.873. The number of hydrogen-bond acceptors (Lipinski definition) is 2. The third-order valence-corrected chi connectivity index (χ3v) is 2.11. The summed E-state index contributed by atoms with van der Waals surface area (Å²) >= 11 is 11.3. The third-order valence-electron chi connectivity index (χ3n) is 1.51. The van der Waals surface area contributed by atoms with Crippen LogP contribution in [0, 0.1) is 17.1 Å². The van der Waals surface area contributed by atoms with Gasteiger partial charge in [0.15, 0.2) is 0 Å². The Balaban J connectivity index is 2.96. The van der Waals surface area contributed by atoms with Crippen LogP contribution in [0.5, 0.6) is 0 Å². The largest absolute Gasteiger partial charge is 0.323 e. The second-order valence-corrected chi connectivity index (χ2v) is 3.44. The molecule has 3 nitrogen and oxygen atoms in total. The molecule has 0 aliphatic carbocycles. The summed E-state index contributed by atoms with van der Waals surface area (Å²) in [7, 11) is 0. The van der Waals surface area contributed by atoms with Crippen LogP contribution in [-0.2, 0) is 4.79 Å². The molecule has 0 fully saturated rings. The maximum Gasteiger partial charge on any atom is 0.238 e. The van der Waals surface area contributed by atoms with Crippen LogP contribution in [0.4, 0.5) is 10.1 Å². The van der Waals surface area contributed by atoms with E-state index in [9.17, 15) is 9.18 Å². The van der Waals surface area contributed by atoms with Crippen LogP contribution >= 0.6 is 23.2 Å². The van der Waals surface area contributed by atoms with Gasteiger partial charge in [0.05, 0.1) is 21.8 Å². The lowest BCUT2D eigenvalue weighted by Crippen LogP contribution is -2.11. The fourth-order valence-corrected chi connectivity index (χ4v) is 1.47. The fraction of sp³-hybridized carbons (Fsp3) is 0.111. The maximum absolute atomic E-state index is 12.8. The number of benzene rings is 1. The summed E-state index contributed by atoms with van der Waals surface area (Å²) in [5.41, 5.74) is 0.111. The van der Waals surface area contributed by atoms with E-state index >= 15 is 0 Å². The zero-order valence-corrected chi connectivity index (χ0v) is 8.86. The zero-order chi connectivity index (χ0) is 11.4. The van der Waals surface area contributed by atoms with Crippen LogP contribution in [-0.4, -0.2) is 5.91 Å². The fourth-order valence-electron chi connectivity index (χ4n) is 0.917. The van der Waals surface area contributed by atoms with Gasteiger partial charge in [-0.15, -0.1) is 0 Å². The number of carbonyl (C=O) groups is 1. The molecule has 0 bridgehead atoms. The Kier molecular flexibility index (Phi) is 3.89. The molecule has 0 heterocycles. The van der Waals surface area contributed by atoms with E-state index in [0.29, 0.717) is 0 Å². The molecule has 1 rings (SSSR count). The van der Waals surface area contributed by atoms with Crippen molar-refractivity contribution < 1.29 is 9.18 Å². The van der Waals surface area contributed by atoms with Crippen LogP contribution in [0.3, 0.4) is 0 Å². The third kappa shape index (κ3) is 3.08. The lowest BCUT2D eigenvalue weighted by atomic mass is 10.3. The first-order valence-electron chi connectivity index (χ1n) is 3.86. The number of rotatable bonds is 2. The molecule has 0 aliphatic heterocycles. The van der Waals surface area contributed by atoms with Gasteiger partial charge < -0.3 is 5.32 Å². The van der Waals surface area contributed by atoms with E-state index in [1.807, 2.05) is 0 Å². The lowest BCUT2D eigenvalue weighted by molar-refractivity contribution is -0.115. The van der Waals surface area contributed by atoms with Gasteiger partial charge in [-0.25, -0.2) is 4.39 Å². The number of halogens is 3. The van der Waals surface area contributed by atoms with Crippen LogP contribution in [0.15, 0.2) is 12.1 Å². The number of anilines is 1. The van der Waals surface area contributed by atoms with Crippen LogP contribution in [0.2, 0.25) is 10.0 Å². The highest BCUT2D eigenvalue weighted by molar-refractivity contribution is 6.39. The molecule has 0 aliphatic rings. The minimum absolute atomic E-state index is 0.00807. The van der Waals surface area contributed by atoms with Crippen molar-refractivity contribution >= 4 is 34.8 Å². The summed E-state index contributed by atoms with van der Waals surface area (Å²) < 4.78 is 12.8. The Labute approximate surface area is 95.4 Å². The lowest BCUT2D eigenvalue weighted by Gasteiger charge is -2.07. The summed E-state index contributed by atoms with van der Waals surface area (Å²) in [6.45, 7) is 0. The van der Waals surface area contributed by atoms with Gasteiger partial charge in [-0.3, -0.25) is 4.79 Å². The molecule has 1 N–H and O–H groups in total. The Bertz CT molecular complexity index is 419. The number of amides is 1. The minimum atomic E-state index is -0.594. The summed E-state index contributed by atoms with van der Waals surface area (Å²) in [6.07, 6.45) is -0.315. The highest BCUT2D eigenvalue weighted by atomic mass is 35.5. The molecule has 0 saturated heterocycles. The van der Waals surface area contributed by atoms with Crippen molar-refractivity contribution in [3.8, 4) is 6.07 Å². The molecular weight excluding hydrogens is 242 g/mol. The molecule has 78 valence electrons. The first kappa shape index (κ1) is 11.8. The number of nitrogens with one attached hydrogen (secondary N) is 1. The molecule has 0 spiro atoms. The molecule has 1 aromatic rings. The van der Waals surface area contributed by atoms with E-state index < -0.39 is 11.7 Å². The standard InChI is InChI=1S/C9H5Cl2FN2O/c10-6-3-5(12)4-7(11)9(6)14-8(15)1-2-13/h3-4H,1H2,(H,14,15). The minimum Gasteiger partial charge on any atom is -0.323 e. The molecule has 0 radical (unpaired) electrons. The van der Waals surface area contributed by atoms with Gasteiger partial charge in [0.2, 0.25) is 5.91 Å². The number of nitriles is 1. The average Bonchev–Trinajstić information content (AvgIpc) is 2.11. The van der Waals surface area contributed by atoms with Crippen molar-refractivity contribution in [1.29, 1.82) is 5.26 Å². The molecular formula is C9H5Cl2FN2O. The van der Waals surface area contributed by atoms with Crippen molar-refractivity contribution in [2.24, 2.45) is 0 Å². The van der Waals surface area contributed by atoms with Crippen LogP contribution in [0.1, 0.15) is 6.42 Å². The Morgan fingerprint density at radius 2 is 2.00 bits per heavy atom. The van der Waals surface area contributed by atoms with Crippen LogP contribution in [0.25, 0.3) is 0 Å². The molecule has 1 amide bonds. The van der Waals surface area contributed by atoms with E-state index in [1.54, 1.807) is 6.07 Å². The van der Waals surface area contributed by atoms with Crippen molar-refractivity contribution in [3.05, 3.63) is 28.0 Å². The molecule has 0 unspecified atom stereocenters. The van der Waals surface area contributed by atoms with E-state index in [1.165, 1.54) is 0 Å². The van der Waals surface area contributed by atoms with E-state index in [4.69, 9.17) is 28.5 Å². The predicted octanol–water partition coefficient (Wildman–Crippen LogP) is 2.98. The highest BCUT2D eigenvalue weighted by Gasteiger charge is 2.11. The monoisotopic (exact) mass is 246 g/mol. The Hall–Kier alpha value is -1.31. The van der Waals surface area contributed by atoms with Gasteiger partial charge in [0.25, 0.3) is 0 Å². The van der Waals surface area contributed by atoms with Crippen molar-refractivity contribution in [3.63, 3.8) is 0 Å². The first-order chi connectivity index (χ1) is 7.04. The second-order valence-electron chi connectivity index (χ2n) is 2.63. The molecule has 1 aromatic carbocycles. The molecule has 0 atom stereocenters. The van der Waals surface area contributed by atoms with Crippen molar-refractivity contribution in [2.45, 2.75) is 6.42 Å². The van der Waals surface area contributed by atoms with E-state index in [0.717, 1.165) is 12.1 Å². The predicted molar refractivity (Wildman–Crippen MR) is 55.3 cm³/mol. The van der Waals surface area contributed by atoms with Gasteiger partial charge in [0.1, 0.15) is 12.2 Å². The van der Waals surface area contributed by atoms with Gasteiger partial charge in [-0.1, -0.05) is 23.2 Å². The summed E-state index contributed by atoms with van der Waals surface area (Å²) in [5.74, 6) is -1.14. The number of nitrogens with zero attached hydrogens (tertiary/aromatic N) is 1. The van der Waals surface area contributed by atoms with E-state index in [2.05, 4.69) is 5.32 Å². The topological polar surface area (TPSA) is 52.9 Å². The first-order valence-corrected chi connectivity index (χ1v) is 4.61. The number of carbonyl (C=O) groups excluding carboxylic acids is 1. The Morgan fingerprint density at radius 3 is 2.47 bits per heavy atom. The maximum atomic E-state index is 12.8. The van der Waals surface area contributed by atoms with Gasteiger partial charge in [-0.05, 0) is 12.1 Å². The smallest absolute Gasteiger partial charge is 0.238 e. The Morgan fingerprint density at radius 1 is 1.47 bits per heavy atom. The summed E-state index contributed by atoms with van der Waals surface area (Å²) in [4.78, 5) is 11.1. The van der Waals surface area contributed by atoms with Crippen LogP contribution < -0.4 is 5.32 Å². The molecule has 15 heavy (non-hydrogen) atoms. The van der Waals surface area contributed by atoms with Crippen molar-refractivity contribution in [1.82, 2.24) is 0 Å².